The molecule has 2 amide bonds. The third-order valence-electron chi connectivity index (χ3n) is 6.97. The van der Waals surface area contributed by atoms with Crippen LogP contribution >= 0.6 is 11.3 Å². The number of piperidine rings is 1. The predicted octanol–water partition coefficient (Wildman–Crippen LogP) is 5.58. The zero-order chi connectivity index (χ0) is 24.6. The van der Waals surface area contributed by atoms with E-state index in [4.69, 9.17) is 4.98 Å². The van der Waals surface area contributed by atoms with Crippen molar-refractivity contribution in [3.63, 3.8) is 0 Å². The van der Waals surface area contributed by atoms with Gasteiger partial charge in [-0.3, -0.25) is 14.6 Å². The Morgan fingerprint density at radius 2 is 1.89 bits per heavy atom. The van der Waals surface area contributed by atoms with Crippen molar-refractivity contribution in [1.29, 1.82) is 0 Å². The molecule has 182 valence electrons. The fraction of sp³-hybridized carbons (Fsp3) is 0.310. The second-order valence-electron chi connectivity index (χ2n) is 9.82. The number of hydrogen-bond acceptors (Lipinski definition) is 5. The maximum absolute atomic E-state index is 13.8. The van der Waals surface area contributed by atoms with Gasteiger partial charge in [0.2, 0.25) is 0 Å². The zero-order valence-electron chi connectivity index (χ0n) is 20.2. The molecule has 1 saturated heterocycles. The van der Waals surface area contributed by atoms with Crippen molar-refractivity contribution in [2.75, 3.05) is 13.1 Å². The summed E-state index contributed by atoms with van der Waals surface area (Å²) in [5, 5.41) is 5.16. The molecule has 1 saturated carbocycles. The van der Waals surface area contributed by atoms with Gasteiger partial charge in [0.05, 0.1) is 21.0 Å². The second-order valence-corrected chi connectivity index (χ2v) is 10.8. The number of carbonyl (C=O) groups is 2. The molecule has 0 radical (unpaired) electrons. The van der Waals surface area contributed by atoms with E-state index in [1.54, 1.807) is 23.6 Å². The van der Waals surface area contributed by atoms with E-state index >= 15 is 0 Å². The number of pyridine rings is 1. The topological polar surface area (TPSA) is 75.2 Å². The summed E-state index contributed by atoms with van der Waals surface area (Å²) in [5.41, 5.74) is 4.02. The number of fused-ring (bicyclic) bond motifs is 1. The fourth-order valence-electron chi connectivity index (χ4n) is 4.95. The molecule has 7 heteroatoms. The molecule has 2 fully saturated rings. The Labute approximate surface area is 214 Å². The van der Waals surface area contributed by atoms with E-state index in [1.165, 1.54) is 0 Å². The highest BCUT2D eigenvalue weighted by Crippen LogP contribution is 2.45. The predicted molar refractivity (Wildman–Crippen MR) is 142 cm³/mol. The third kappa shape index (κ3) is 4.51. The van der Waals surface area contributed by atoms with Crippen LogP contribution < -0.4 is 5.32 Å². The Bertz CT molecular complexity index is 1450. The maximum atomic E-state index is 13.8. The molecular weight excluding hydrogens is 468 g/mol. The van der Waals surface area contributed by atoms with Crippen LogP contribution in [0.15, 0.2) is 60.8 Å². The Balaban J connectivity index is 1.23. The van der Waals surface area contributed by atoms with E-state index in [2.05, 4.69) is 35.4 Å². The van der Waals surface area contributed by atoms with E-state index in [9.17, 15) is 9.59 Å². The molecule has 6 rings (SSSR count). The van der Waals surface area contributed by atoms with E-state index in [1.807, 2.05) is 35.2 Å². The van der Waals surface area contributed by atoms with Gasteiger partial charge in [-0.2, -0.15) is 0 Å². The van der Waals surface area contributed by atoms with Gasteiger partial charge in [-0.15, -0.1) is 11.3 Å². The van der Waals surface area contributed by atoms with Gasteiger partial charge in [-0.1, -0.05) is 48.0 Å². The van der Waals surface area contributed by atoms with Gasteiger partial charge < -0.3 is 10.2 Å². The molecule has 36 heavy (non-hydrogen) atoms. The molecule has 3 heterocycles. The van der Waals surface area contributed by atoms with Crippen LogP contribution in [0.4, 0.5) is 0 Å². The smallest absolute Gasteiger partial charge is 0.274 e. The molecule has 2 aliphatic rings. The minimum atomic E-state index is -0.149. The van der Waals surface area contributed by atoms with Gasteiger partial charge >= 0.3 is 0 Å². The number of hydrogen-bond donors (Lipinski definition) is 1. The van der Waals surface area contributed by atoms with Gasteiger partial charge in [-0.25, -0.2) is 4.98 Å². The Morgan fingerprint density at radius 3 is 2.72 bits per heavy atom. The first-order valence-electron chi connectivity index (χ1n) is 12.6. The van der Waals surface area contributed by atoms with Crippen LogP contribution in [0.3, 0.4) is 0 Å². The number of amides is 2. The number of aryl methyl sites for hydroxylation is 1. The van der Waals surface area contributed by atoms with Crippen LogP contribution in [-0.4, -0.2) is 45.8 Å². The number of nitrogens with one attached hydrogen (secondary N) is 1. The number of para-hydroxylation sites is 1. The van der Waals surface area contributed by atoms with Crippen molar-refractivity contribution >= 4 is 34.1 Å². The molecule has 0 spiro atoms. The van der Waals surface area contributed by atoms with Crippen molar-refractivity contribution in [3.8, 4) is 10.4 Å². The lowest BCUT2D eigenvalue weighted by Crippen LogP contribution is -2.49. The van der Waals surface area contributed by atoms with Crippen molar-refractivity contribution < 1.29 is 9.59 Å². The number of aromatic nitrogens is 2. The largest absolute Gasteiger partial charge is 0.347 e. The minimum Gasteiger partial charge on any atom is -0.347 e. The summed E-state index contributed by atoms with van der Waals surface area (Å²) in [5.74, 6) is 0.298. The summed E-state index contributed by atoms with van der Waals surface area (Å²) >= 11 is 1.66. The van der Waals surface area contributed by atoms with Gasteiger partial charge in [0.25, 0.3) is 11.8 Å². The normalized spacial score (nSPS) is 17.8. The van der Waals surface area contributed by atoms with E-state index < -0.39 is 0 Å². The van der Waals surface area contributed by atoms with Crippen LogP contribution in [0.5, 0.6) is 0 Å². The lowest BCUT2D eigenvalue weighted by atomic mass is 10.0. The van der Waals surface area contributed by atoms with Crippen molar-refractivity contribution in [1.82, 2.24) is 20.2 Å². The lowest BCUT2D eigenvalue weighted by Gasteiger charge is -2.33. The van der Waals surface area contributed by atoms with E-state index in [0.29, 0.717) is 35.8 Å². The standard InChI is InChI=1S/C29H28N4O2S/c1-18-6-2-8-21(16-18)26-25(32-28(36-26)20-12-13-20)29(35)33-15-5-10-22(17-33)31-27(34)23-11-3-7-19-9-4-14-30-24(19)23/h2-4,6-9,11,14,16,20,22H,5,10,12-13,15,17H2,1H3,(H,31,34)/t22-/m1/s1. The monoisotopic (exact) mass is 496 g/mol. The Kier molecular flexibility index (Phi) is 6.01. The van der Waals surface area contributed by atoms with Crippen molar-refractivity contribution in [3.05, 3.63) is 82.6 Å². The van der Waals surface area contributed by atoms with Crippen LogP contribution in [0, 0.1) is 6.92 Å². The maximum Gasteiger partial charge on any atom is 0.274 e. The highest BCUT2D eigenvalue weighted by molar-refractivity contribution is 7.15. The highest BCUT2D eigenvalue weighted by atomic mass is 32.1. The van der Waals surface area contributed by atoms with Crippen LogP contribution in [-0.2, 0) is 0 Å². The summed E-state index contributed by atoms with van der Waals surface area (Å²) in [6.45, 7) is 3.22. The molecule has 0 bridgehead atoms. The Morgan fingerprint density at radius 1 is 1.06 bits per heavy atom. The first kappa shape index (κ1) is 22.9. The number of likely N-dealkylation sites (tertiary alicyclic amines) is 1. The fourth-order valence-corrected chi connectivity index (χ4v) is 6.17. The SMILES string of the molecule is Cc1cccc(-c2sc(C3CC3)nc2C(=O)N2CCC[C@@H](NC(=O)c3cccc4cccnc34)C2)c1. The molecule has 1 N–H and O–H groups in total. The summed E-state index contributed by atoms with van der Waals surface area (Å²) in [7, 11) is 0. The van der Waals surface area contributed by atoms with Gasteiger partial charge in [-0.05, 0) is 50.3 Å². The van der Waals surface area contributed by atoms with E-state index in [0.717, 1.165) is 52.1 Å². The van der Waals surface area contributed by atoms with Gasteiger partial charge in [0.15, 0.2) is 0 Å². The molecule has 1 aliphatic carbocycles. The quantitative estimate of drug-likeness (QED) is 0.391. The number of carbonyl (C=O) groups excluding carboxylic acids is 2. The lowest BCUT2D eigenvalue weighted by molar-refractivity contribution is 0.0672. The number of thiazole rings is 1. The van der Waals surface area contributed by atoms with Gasteiger partial charge in [0.1, 0.15) is 5.69 Å². The third-order valence-corrected chi connectivity index (χ3v) is 8.24. The number of benzene rings is 2. The van der Waals surface area contributed by atoms with E-state index in [-0.39, 0.29) is 17.9 Å². The molecule has 1 aliphatic heterocycles. The number of nitrogens with zero attached hydrogens (tertiary/aromatic N) is 3. The molecular formula is C29H28N4O2S. The molecule has 1 atom stereocenters. The van der Waals surface area contributed by atoms with Crippen molar-refractivity contribution in [2.45, 2.75) is 44.6 Å². The van der Waals surface area contributed by atoms with Crippen LogP contribution in [0.25, 0.3) is 21.3 Å². The van der Waals surface area contributed by atoms with Crippen molar-refractivity contribution in [2.24, 2.45) is 0 Å². The molecule has 0 unspecified atom stereocenters. The molecule has 2 aromatic heterocycles. The molecule has 2 aromatic carbocycles. The van der Waals surface area contributed by atoms with Crippen LogP contribution in [0.1, 0.15) is 63.0 Å². The summed E-state index contributed by atoms with van der Waals surface area (Å²) in [6.07, 6.45) is 5.67. The first-order chi connectivity index (χ1) is 17.6. The summed E-state index contributed by atoms with van der Waals surface area (Å²) in [6, 6.07) is 17.6. The highest BCUT2D eigenvalue weighted by Gasteiger charge is 2.33. The summed E-state index contributed by atoms with van der Waals surface area (Å²) < 4.78 is 0. The van der Waals surface area contributed by atoms with Gasteiger partial charge in [0, 0.05) is 36.6 Å². The average Bonchev–Trinajstić information content (AvgIpc) is 3.66. The van der Waals surface area contributed by atoms with Crippen LogP contribution in [0.2, 0.25) is 0 Å². The summed E-state index contributed by atoms with van der Waals surface area (Å²) in [4.78, 5) is 39.0. The molecule has 4 aromatic rings. The molecule has 6 nitrogen and oxygen atoms in total. The zero-order valence-corrected chi connectivity index (χ0v) is 21.1. The average molecular weight is 497 g/mol. The minimum absolute atomic E-state index is 0.0413. The number of rotatable bonds is 5. The first-order valence-corrected chi connectivity index (χ1v) is 13.4. The Hall–Kier alpha value is -3.58. The second kappa shape index (κ2) is 9.47.